The third-order valence-electron chi connectivity index (χ3n) is 4.29. The van der Waals surface area contributed by atoms with Crippen molar-refractivity contribution < 1.29 is 9.90 Å². The van der Waals surface area contributed by atoms with Crippen LogP contribution in [0, 0.1) is 11.3 Å². The van der Waals surface area contributed by atoms with E-state index in [9.17, 15) is 4.79 Å². The van der Waals surface area contributed by atoms with Crippen LogP contribution in [-0.2, 0) is 12.8 Å². The van der Waals surface area contributed by atoms with E-state index in [2.05, 4.69) is 32.2 Å². The van der Waals surface area contributed by atoms with Crippen LogP contribution in [0.4, 0.5) is 0 Å². The molecular formula is C17H27NO2S. The summed E-state index contributed by atoms with van der Waals surface area (Å²) in [5.41, 5.74) is 1.41. The minimum Gasteiger partial charge on any atom is -0.396 e. The quantitative estimate of drug-likeness (QED) is 0.846. The van der Waals surface area contributed by atoms with Crippen molar-refractivity contribution >= 4 is 17.2 Å². The molecule has 4 heteroatoms. The lowest BCUT2D eigenvalue weighted by Crippen LogP contribution is -2.33. The van der Waals surface area contributed by atoms with Gasteiger partial charge in [0, 0.05) is 18.0 Å². The van der Waals surface area contributed by atoms with Crippen LogP contribution in [-0.4, -0.2) is 24.2 Å². The van der Waals surface area contributed by atoms with Gasteiger partial charge in [0.15, 0.2) is 0 Å². The third kappa shape index (κ3) is 4.55. The Morgan fingerprint density at radius 3 is 3.00 bits per heavy atom. The first-order valence-corrected chi connectivity index (χ1v) is 8.73. The van der Waals surface area contributed by atoms with Crippen molar-refractivity contribution in [2.75, 3.05) is 13.2 Å². The van der Waals surface area contributed by atoms with Gasteiger partial charge in [0.1, 0.15) is 0 Å². The predicted octanol–water partition coefficient (Wildman–Crippen LogP) is 3.40. The molecule has 0 saturated carbocycles. The monoisotopic (exact) mass is 309 g/mol. The van der Waals surface area contributed by atoms with Gasteiger partial charge in [-0.25, -0.2) is 0 Å². The Morgan fingerprint density at radius 1 is 1.52 bits per heavy atom. The molecular weight excluding hydrogens is 282 g/mol. The van der Waals surface area contributed by atoms with Gasteiger partial charge in [-0.15, -0.1) is 11.3 Å². The van der Waals surface area contributed by atoms with Crippen molar-refractivity contribution in [3.8, 4) is 0 Å². The van der Waals surface area contributed by atoms with E-state index in [1.54, 1.807) is 11.3 Å². The molecule has 1 heterocycles. The van der Waals surface area contributed by atoms with Crippen LogP contribution in [0.2, 0.25) is 0 Å². The molecule has 1 aliphatic carbocycles. The number of fused-ring (bicyclic) bond motifs is 1. The Balaban J connectivity index is 1.92. The molecule has 0 aliphatic heterocycles. The molecule has 1 aliphatic rings. The minimum atomic E-state index is 0.0315. The molecule has 21 heavy (non-hydrogen) atoms. The number of thiophene rings is 1. The Kier molecular flexibility index (Phi) is 5.44. The second-order valence-electron chi connectivity index (χ2n) is 7.08. The fourth-order valence-corrected chi connectivity index (χ4v) is 4.00. The molecule has 2 rings (SSSR count). The first-order chi connectivity index (χ1) is 9.91. The summed E-state index contributed by atoms with van der Waals surface area (Å²) >= 11 is 1.66. The SMILES string of the molecule is CC1CCc2sc(C(=O)NCC(C)(C)CCCO)cc2C1. The van der Waals surface area contributed by atoms with Gasteiger partial charge in [-0.05, 0) is 55.1 Å². The third-order valence-corrected chi connectivity index (χ3v) is 5.53. The number of rotatable bonds is 6. The van der Waals surface area contributed by atoms with Gasteiger partial charge in [-0.2, -0.15) is 0 Å². The highest BCUT2D eigenvalue weighted by Crippen LogP contribution is 2.32. The van der Waals surface area contributed by atoms with Crippen LogP contribution in [0.25, 0.3) is 0 Å². The summed E-state index contributed by atoms with van der Waals surface area (Å²) in [6, 6.07) is 2.09. The molecule has 118 valence electrons. The van der Waals surface area contributed by atoms with Crippen LogP contribution >= 0.6 is 11.3 Å². The van der Waals surface area contributed by atoms with Crippen molar-refractivity contribution in [3.05, 3.63) is 21.4 Å². The Labute approximate surface area is 131 Å². The summed E-state index contributed by atoms with van der Waals surface area (Å²) in [5.74, 6) is 0.791. The van der Waals surface area contributed by atoms with Gasteiger partial charge in [0.05, 0.1) is 4.88 Å². The highest BCUT2D eigenvalue weighted by molar-refractivity contribution is 7.14. The van der Waals surface area contributed by atoms with Crippen molar-refractivity contribution in [2.24, 2.45) is 11.3 Å². The molecule has 1 aromatic rings. The number of hydrogen-bond acceptors (Lipinski definition) is 3. The molecule has 1 aromatic heterocycles. The molecule has 1 atom stereocenters. The lowest BCUT2D eigenvalue weighted by atomic mass is 9.88. The van der Waals surface area contributed by atoms with Gasteiger partial charge in [-0.3, -0.25) is 4.79 Å². The summed E-state index contributed by atoms with van der Waals surface area (Å²) in [6.45, 7) is 7.41. The molecule has 1 unspecified atom stereocenters. The lowest BCUT2D eigenvalue weighted by molar-refractivity contribution is 0.0937. The molecule has 1 amide bonds. The number of hydrogen-bond donors (Lipinski definition) is 2. The summed E-state index contributed by atoms with van der Waals surface area (Å²) in [6.07, 6.45) is 5.18. The average Bonchev–Trinajstić information content (AvgIpc) is 2.85. The second kappa shape index (κ2) is 6.93. The standard InChI is InChI=1S/C17H27NO2S/c1-12-5-6-14-13(9-12)10-15(21-14)16(20)18-11-17(2,3)7-4-8-19/h10,12,19H,4-9,11H2,1-3H3,(H,18,20). The number of aryl methyl sites for hydroxylation is 1. The maximum absolute atomic E-state index is 12.3. The van der Waals surface area contributed by atoms with E-state index < -0.39 is 0 Å². The van der Waals surface area contributed by atoms with Crippen LogP contribution in [0.15, 0.2) is 6.07 Å². The van der Waals surface area contributed by atoms with Crippen molar-refractivity contribution in [1.82, 2.24) is 5.32 Å². The zero-order valence-electron chi connectivity index (χ0n) is 13.4. The maximum Gasteiger partial charge on any atom is 0.261 e. The molecule has 0 bridgehead atoms. The van der Waals surface area contributed by atoms with E-state index in [0.717, 1.165) is 36.5 Å². The molecule has 0 radical (unpaired) electrons. The van der Waals surface area contributed by atoms with Crippen molar-refractivity contribution in [1.29, 1.82) is 0 Å². The van der Waals surface area contributed by atoms with Crippen LogP contribution in [0.1, 0.15) is 60.1 Å². The molecule has 2 N–H and O–H groups in total. The Morgan fingerprint density at radius 2 is 2.29 bits per heavy atom. The van der Waals surface area contributed by atoms with Crippen LogP contribution < -0.4 is 5.32 Å². The highest BCUT2D eigenvalue weighted by atomic mass is 32.1. The summed E-state index contributed by atoms with van der Waals surface area (Å²) in [7, 11) is 0. The zero-order valence-corrected chi connectivity index (χ0v) is 14.2. The fraction of sp³-hybridized carbons (Fsp3) is 0.706. The smallest absolute Gasteiger partial charge is 0.261 e. The summed E-state index contributed by atoms with van der Waals surface area (Å²) < 4.78 is 0. The zero-order chi connectivity index (χ0) is 15.5. The van der Waals surface area contributed by atoms with E-state index in [4.69, 9.17) is 5.11 Å². The molecule has 0 saturated heterocycles. The van der Waals surface area contributed by atoms with Crippen LogP contribution in [0.3, 0.4) is 0 Å². The Hall–Kier alpha value is -0.870. The molecule has 0 aromatic carbocycles. The predicted molar refractivity (Wildman–Crippen MR) is 87.9 cm³/mol. The van der Waals surface area contributed by atoms with E-state index in [1.165, 1.54) is 16.9 Å². The topological polar surface area (TPSA) is 49.3 Å². The number of carbonyl (C=O) groups excluding carboxylic acids is 1. The number of carbonyl (C=O) groups is 1. The normalized spacial score (nSPS) is 18.4. The lowest BCUT2D eigenvalue weighted by Gasteiger charge is -2.24. The number of nitrogens with one attached hydrogen (secondary N) is 1. The van der Waals surface area contributed by atoms with E-state index in [-0.39, 0.29) is 17.9 Å². The molecule has 0 spiro atoms. The number of aliphatic hydroxyl groups is 1. The average molecular weight is 309 g/mol. The maximum atomic E-state index is 12.3. The first kappa shape index (κ1) is 16.5. The number of aliphatic hydroxyl groups excluding tert-OH is 1. The van der Waals surface area contributed by atoms with E-state index >= 15 is 0 Å². The highest BCUT2D eigenvalue weighted by Gasteiger charge is 2.22. The van der Waals surface area contributed by atoms with Gasteiger partial charge < -0.3 is 10.4 Å². The largest absolute Gasteiger partial charge is 0.396 e. The van der Waals surface area contributed by atoms with E-state index in [1.807, 2.05) is 0 Å². The van der Waals surface area contributed by atoms with Gasteiger partial charge in [0.25, 0.3) is 5.91 Å². The second-order valence-corrected chi connectivity index (χ2v) is 8.22. The summed E-state index contributed by atoms with van der Waals surface area (Å²) in [5, 5.41) is 12.0. The Bertz CT molecular complexity index is 493. The van der Waals surface area contributed by atoms with Crippen molar-refractivity contribution in [3.63, 3.8) is 0 Å². The fourth-order valence-electron chi connectivity index (χ4n) is 2.87. The van der Waals surface area contributed by atoms with Gasteiger partial charge in [-0.1, -0.05) is 20.8 Å². The molecule has 3 nitrogen and oxygen atoms in total. The summed E-state index contributed by atoms with van der Waals surface area (Å²) in [4.78, 5) is 14.6. The van der Waals surface area contributed by atoms with Gasteiger partial charge in [0.2, 0.25) is 0 Å². The number of amides is 1. The molecule has 0 fully saturated rings. The van der Waals surface area contributed by atoms with E-state index in [0.29, 0.717) is 6.54 Å². The van der Waals surface area contributed by atoms with Crippen LogP contribution in [0.5, 0.6) is 0 Å². The minimum absolute atomic E-state index is 0.0315. The van der Waals surface area contributed by atoms with Gasteiger partial charge >= 0.3 is 0 Å². The van der Waals surface area contributed by atoms with Crippen molar-refractivity contribution in [2.45, 2.75) is 52.9 Å². The first-order valence-electron chi connectivity index (χ1n) is 7.92.